The topological polar surface area (TPSA) is 85.9 Å². The third-order valence-electron chi connectivity index (χ3n) is 8.92. The molecule has 2 aliphatic carbocycles. The molecule has 0 spiro atoms. The molecule has 2 fully saturated rings. The molecule has 1 saturated carbocycles. The van der Waals surface area contributed by atoms with Crippen molar-refractivity contribution in [1.29, 1.82) is 0 Å². The molecule has 10 heteroatoms. The Bertz CT molecular complexity index is 1770. The zero-order valence-corrected chi connectivity index (χ0v) is 23.3. The number of benzene rings is 2. The van der Waals surface area contributed by atoms with Gasteiger partial charge in [-0.3, -0.25) is 0 Å². The zero-order valence-electron chi connectivity index (χ0n) is 22.5. The molecule has 3 aliphatic rings. The van der Waals surface area contributed by atoms with E-state index in [0.29, 0.717) is 31.5 Å². The van der Waals surface area contributed by atoms with Crippen LogP contribution in [0.3, 0.4) is 0 Å². The fraction of sp³-hybridized carbons (Fsp3) is 0.367. The molecule has 7 rings (SSSR count). The molecule has 0 bridgehead atoms. The van der Waals surface area contributed by atoms with E-state index in [-0.39, 0.29) is 22.2 Å². The van der Waals surface area contributed by atoms with Crippen LogP contribution in [-0.4, -0.2) is 50.6 Å². The van der Waals surface area contributed by atoms with Crippen LogP contribution in [0.4, 0.5) is 4.39 Å². The number of fused-ring (bicyclic) bond motifs is 2. The first-order valence-corrected chi connectivity index (χ1v) is 15.3. The van der Waals surface area contributed by atoms with Gasteiger partial charge in [0.2, 0.25) is 5.03 Å². The fourth-order valence-corrected chi connectivity index (χ4v) is 8.51. The lowest BCUT2D eigenvalue weighted by molar-refractivity contribution is 0.359. The Morgan fingerprint density at radius 1 is 1.10 bits per heavy atom. The average Bonchev–Trinajstić information content (AvgIpc) is 3.40. The molecule has 1 saturated heterocycles. The maximum absolute atomic E-state index is 13.7. The van der Waals surface area contributed by atoms with Crippen molar-refractivity contribution in [2.45, 2.75) is 43.7 Å². The normalized spacial score (nSPS) is 26.0. The van der Waals surface area contributed by atoms with Crippen molar-refractivity contribution in [3.8, 4) is 5.69 Å². The van der Waals surface area contributed by atoms with Gasteiger partial charge in [-0.15, -0.1) is 5.10 Å². The van der Waals surface area contributed by atoms with E-state index in [1.807, 2.05) is 17.8 Å². The Morgan fingerprint density at radius 3 is 2.67 bits per heavy atom. The third kappa shape index (κ3) is 3.80. The van der Waals surface area contributed by atoms with Crippen molar-refractivity contribution in [1.82, 2.24) is 29.1 Å². The molecule has 8 nitrogen and oxygen atoms in total. The van der Waals surface area contributed by atoms with Crippen molar-refractivity contribution in [3.63, 3.8) is 0 Å². The van der Waals surface area contributed by atoms with Gasteiger partial charge in [0.05, 0.1) is 30.1 Å². The van der Waals surface area contributed by atoms with Crippen molar-refractivity contribution in [2.24, 2.45) is 17.8 Å². The molecule has 206 valence electrons. The van der Waals surface area contributed by atoms with E-state index in [0.717, 1.165) is 35.0 Å². The Hall–Kier alpha value is -3.63. The standard InChI is InChI=1S/C30H31FN6O2S/c1-3-13-36-32-17-28(34-36)40(38,39)35-18-26-29(21-7-5-4-6-8-21)30(26,19-35)25-15-22-16-33-37(27(22)14-20(25)2)24-11-9-23(31)10-12-24/h4-7,9-12,14-17,21,26,29H,3,8,13,18-19H2,1-2H3/t21?,26-,29-,30+/m1/s1. The first kappa shape index (κ1) is 25.3. The minimum Gasteiger partial charge on any atom is -0.233 e. The number of hydrogen-bond acceptors (Lipinski definition) is 5. The Balaban J connectivity index is 1.28. The maximum atomic E-state index is 13.7. The third-order valence-corrected chi connectivity index (χ3v) is 10.6. The van der Waals surface area contributed by atoms with E-state index >= 15 is 0 Å². The van der Waals surface area contributed by atoms with Crippen molar-refractivity contribution in [2.75, 3.05) is 13.1 Å². The number of nitrogens with zero attached hydrogens (tertiary/aromatic N) is 6. The number of hydrogen-bond donors (Lipinski definition) is 0. The quantitative estimate of drug-likeness (QED) is 0.326. The highest BCUT2D eigenvalue weighted by atomic mass is 32.2. The van der Waals surface area contributed by atoms with Gasteiger partial charge in [-0.05, 0) is 85.0 Å². The first-order valence-electron chi connectivity index (χ1n) is 13.8. The summed E-state index contributed by atoms with van der Waals surface area (Å²) in [4.78, 5) is 1.46. The maximum Gasteiger partial charge on any atom is 0.264 e. The molecular weight excluding hydrogens is 527 g/mol. The number of sulfonamides is 1. The highest BCUT2D eigenvalue weighted by molar-refractivity contribution is 7.89. The number of rotatable bonds is 7. The van der Waals surface area contributed by atoms with Gasteiger partial charge in [0.1, 0.15) is 5.82 Å². The predicted molar refractivity (Wildman–Crippen MR) is 150 cm³/mol. The molecular formula is C30H31FN6O2S. The summed E-state index contributed by atoms with van der Waals surface area (Å²) in [7, 11) is -3.77. The van der Waals surface area contributed by atoms with Gasteiger partial charge < -0.3 is 0 Å². The lowest BCUT2D eigenvalue weighted by Crippen LogP contribution is -2.36. The van der Waals surface area contributed by atoms with Gasteiger partial charge in [0.25, 0.3) is 10.0 Å². The predicted octanol–water partition coefficient (Wildman–Crippen LogP) is 4.80. The molecule has 4 aromatic rings. The fourth-order valence-electron chi connectivity index (χ4n) is 7.13. The van der Waals surface area contributed by atoms with Crippen LogP contribution in [0.2, 0.25) is 0 Å². The minimum atomic E-state index is -3.77. The number of halogens is 1. The summed E-state index contributed by atoms with van der Waals surface area (Å²) in [5, 5.41) is 14.1. The van der Waals surface area contributed by atoms with Gasteiger partial charge in [0.15, 0.2) is 0 Å². The molecule has 1 aliphatic heterocycles. The SMILES string of the molecule is CCCn1ncc(S(=O)(=O)N2C[C@@H]3[C@@H](C4C=CC=CC4)[C@]3(c3cc4cnn(-c5ccc(F)cc5)c4cc3C)C2)n1. The molecule has 2 aromatic carbocycles. The van der Waals surface area contributed by atoms with Crippen LogP contribution in [0, 0.1) is 30.5 Å². The van der Waals surface area contributed by atoms with E-state index in [1.165, 1.54) is 28.7 Å². The second kappa shape index (κ2) is 9.21. The summed E-state index contributed by atoms with van der Waals surface area (Å²) in [6.07, 6.45) is 13.7. The lowest BCUT2D eigenvalue weighted by Gasteiger charge is -2.27. The molecule has 40 heavy (non-hydrogen) atoms. The van der Waals surface area contributed by atoms with Crippen molar-refractivity contribution in [3.05, 3.63) is 90.0 Å². The second-order valence-corrected chi connectivity index (χ2v) is 13.1. The summed E-state index contributed by atoms with van der Waals surface area (Å²) >= 11 is 0. The second-order valence-electron chi connectivity index (χ2n) is 11.2. The van der Waals surface area contributed by atoms with E-state index in [9.17, 15) is 12.8 Å². The number of piperidine rings is 1. The van der Waals surface area contributed by atoms with Gasteiger partial charge in [0, 0.05) is 23.9 Å². The highest BCUT2D eigenvalue weighted by Crippen LogP contribution is 2.69. The van der Waals surface area contributed by atoms with E-state index < -0.39 is 10.0 Å². The summed E-state index contributed by atoms with van der Waals surface area (Å²) in [5.74, 6) is 0.628. The van der Waals surface area contributed by atoms with Crippen molar-refractivity contribution >= 4 is 20.9 Å². The molecule has 3 heterocycles. The largest absolute Gasteiger partial charge is 0.264 e. The Kier molecular flexibility index (Phi) is 5.83. The molecule has 4 atom stereocenters. The highest BCUT2D eigenvalue weighted by Gasteiger charge is 2.72. The van der Waals surface area contributed by atoms with Crippen LogP contribution < -0.4 is 0 Å². The van der Waals surface area contributed by atoms with E-state index in [1.54, 1.807) is 16.4 Å². The summed E-state index contributed by atoms with van der Waals surface area (Å²) in [6.45, 7) is 5.57. The van der Waals surface area contributed by atoms with Crippen LogP contribution in [0.25, 0.3) is 16.6 Å². The molecule has 0 radical (unpaired) electrons. The Morgan fingerprint density at radius 2 is 1.93 bits per heavy atom. The Labute approximate surface area is 232 Å². The number of allylic oxidation sites excluding steroid dienone is 4. The first-order chi connectivity index (χ1) is 19.3. The van der Waals surface area contributed by atoms with E-state index in [2.05, 4.69) is 58.7 Å². The van der Waals surface area contributed by atoms with Gasteiger partial charge in [-0.2, -0.15) is 19.3 Å². The van der Waals surface area contributed by atoms with E-state index in [4.69, 9.17) is 0 Å². The van der Waals surface area contributed by atoms with Crippen molar-refractivity contribution < 1.29 is 12.8 Å². The smallest absolute Gasteiger partial charge is 0.233 e. The lowest BCUT2D eigenvalue weighted by atomic mass is 9.83. The monoisotopic (exact) mass is 558 g/mol. The molecule has 0 N–H and O–H groups in total. The summed E-state index contributed by atoms with van der Waals surface area (Å²) < 4.78 is 44.4. The van der Waals surface area contributed by atoms with Crippen LogP contribution >= 0.6 is 0 Å². The molecule has 1 unspecified atom stereocenters. The summed E-state index contributed by atoms with van der Waals surface area (Å²) in [6, 6.07) is 10.6. The number of aryl methyl sites for hydroxylation is 2. The zero-order chi connectivity index (χ0) is 27.6. The van der Waals surface area contributed by atoms with Crippen LogP contribution in [0.1, 0.15) is 30.9 Å². The average molecular weight is 559 g/mol. The van der Waals surface area contributed by atoms with Crippen LogP contribution in [0.15, 0.2) is 78.1 Å². The number of aromatic nitrogens is 5. The van der Waals surface area contributed by atoms with Crippen LogP contribution in [0.5, 0.6) is 0 Å². The molecule has 2 aromatic heterocycles. The van der Waals surface area contributed by atoms with Gasteiger partial charge >= 0.3 is 0 Å². The minimum absolute atomic E-state index is 0.0159. The van der Waals surface area contributed by atoms with Gasteiger partial charge in [-0.1, -0.05) is 31.2 Å². The summed E-state index contributed by atoms with van der Waals surface area (Å²) in [5.41, 5.74) is 3.73. The molecule has 0 amide bonds. The van der Waals surface area contributed by atoms with Gasteiger partial charge in [-0.25, -0.2) is 17.5 Å². The van der Waals surface area contributed by atoms with Crippen LogP contribution in [-0.2, 0) is 22.0 Å².